The molecule has 0 bridgehead atoms. The van der Waals surface area contributed by atoms with Crippen LogP contribution in [-0.2, 0) is 19.9 Å². The van der Waals surface area contributed by atoms with E-state index in [0.29, 0.717) is 16.3 Å². The van der Waals surface area contributed by atoms with Crippen molar-refractivity contribution < 1.29 is 21.6 Å². The van der Waals surface area contributed by atoms with Crippen molar-refractivity contribution in [2.45, 2.75) is 4.90 Å². The summed E-state index contributed by atoms with van der Waals surface area (Å²) in [6, 6.07) is 11.7. The average molecular weight is 429 g/mol. The molecule has 0 radical (unpaired) electrons. The Labute approximate surface area is 162 Å². The number of carbonyl (C=O) groups excluding carboxylic acids is 1. The monoisotopic (exact) mass is 428 g/mol. The zero-order valence-electron chi connectivity index (χ0n) is 14.1. The Bertz CT molecular complexity index is 1040. The molecule has 1 N–H and O–H groups in total. The lowest BCUT2D eigenvalue weighted by molar-refractivity contribution is 0.0770. The van der Waals surface area contributed by atoms with E-state index in [0.717, 1.165) is 0 Å². The van der Waals surface area contributed by atoms with Crippen molar-refractivity contribution in [1.29, 1.82) is 0 Å². The lowest BCUT2D eigenvalue weighted by Crippen LogP contribution is -2.43. The molecule has 1 aliphatic rings. The van der Waals surface area contributed by atoms with Gasteiger partial charge in [-0.1, -0.05) is 11.6 Å². The van der Waals surface area contributed by atoms with Crippen molar-refractivity contribution in [2.75, 3.05) is 29.3 Å². The Morgan fingerprint density at radius 1 is 0.963 bits per heavy atom. The summed E-state index contributed by atoms with van der Waals surface area (Å²) in [6.07, 6.45) is 0. The molecule has 1 fully saturated rings. The maximum atomic E-state index is 12.4. The molecule has 7 nitrogen and oxygen atoms in total. The van der Waals surface area contributed by atoms with Crippen molar-refractivity contribution in [3.63, 3.8) is 0 Å². The highest BCUT2D eigenvalue weighted by atomic mass is 35.5. The smallest absolute Gasteiger partial charge is 0.261 e. The van der Waals surface area contributed by atoms with Gasteiger partial charge in [-0.25, -0.2) is 16.8 Å². The Balaban J connectivity index is 1.72. The van der Waals surface area contributed by atoms with E-state index in [9.17, 15) is 21.6 Å². The van der Waals surface area contributed by atoms with E-state index in [4.69, 9.17) is 11.6 Å². The number of amides is 1. The fourth-order valence-electron chi connectivity index (χ4n) is 2.61. The van der Waals surface area contributed by atoms with Crippen LogP contribution >= 0.6 is 11.6 Å². The Hall–Kier alpha value is -2.10. The highest BCUT2D eigenvalue weighted by Gasteiger charge is 2.26. The number of halogens is 1. The van der Waals surface area contributed by atoms with Gasteiger partial charge in [0.1, 0.15) is 0 Å². The van der Waals surface area contributed by atoms with Gasteiger partial charge >= 0.3 is 0 Å². The molecule has 1 saturated heterocycles. The molecule has 3 rings (SSSR count). The highest BCUT2D eigenvalue weighted by Crippen LogP contribution is 2.19. The number of hydrogen-bond acceptors (Lipinski definition) is 5. The van der Waals surface area contributed by atoms with E-state index in [1.54, 1.807) is 24.3 Å². The van der Waals surface area contributed by atoms with Crippen LogP contribution in [0.4, 0.5) is 5.69 Å². The molecule has 0 atom stereocenters. The second-order valence-electron chi connectivity index (χ2n) is 6.08. The summed E-state index contributed by atoms with van der Waals surface area (Å²) in [5.74, 6) is -0.439. The number of anilines is 1. The van der Waals surface area contributed by atoms with Gasteiger partial charge in [0.15, 0.2) is 9.84 Å². The Morgan fingerprint density at radius 2 is 1.52 bits per heavy atom. The molecule has 0 saturated carbocycles. The first-order valence-electron chi connectivity index (χ1n) is 8.04. The fraction of sp³-hybridized carbons (Fsp3) is 0.235. The minimum atomic E-state index is -3.81. The molecule has 10 heteroatoms. The number of sulfonamides is 1. The summed E-state index contributed by atoms with van der Waals surface area (Å²) in [7, 11) is -6.89. The van der Waals surface area contributed by atoms with Crippen molar-refractivity contribution in [1.82, 2.24) is 4.90 Å². The van der Waals surface area contributed by atoms with E-state index < -0.39 is 19.9 Å². The maximum Gasteiger partial charge on any atom is 0.261 e. The zero-order valence-corrected chi connectivity index (χ0v) is 16.5. The number of hydrogen-bond donors (Lipinski definition) is 1. The van der Waals surface area contributed by atoms with Crippen LogP contribution < -0.4 is 4.72 Å². The first kappa shape index (κ1) is 19.7. The first-order valence-corrected chi connectivity index (χ1v) is 11.7. The molecule has 2 aromatic carbocycles. The van der Waals surface area contributed by atoms with Crippen LogP contribution in [0.15, 0.2) is 53.4 Å². The van der Waals surface area contributed by atoms with Gasteiger partial charge in [0.2, 0.25) is 0 Å². The van der Waals surface area contributed by atoms with Crippen LogP contribution in [0.1, 0.15) is 10.4 Å². The number of nitrogens with one attached hydrogen (secondary N) is 1. The predicted molar refractivity (Wildman–Crippen MR) is 103 cm³/mol. The van der Waals surface area contributed by atoms with Gasteiger partial charge < -0.3 is 4.90 Å². The molecule has 0 aliphatic carbocycles. The van der Waals surface area contributed by atoms with Gasteiger partial charge in [0.25, 0.3) is 15.9 Å². The summed E-state index contributed by atoms with van der Waals surface area (Å²) < 4.78 is 50.2. The lowest BCUT2D eigenvalue weighted by Gasteiger charge is -2.26. The van der Waals surface area contributed by atoms with Crippen molar-refractivity contribution in [3.05, 3.63) is 59.1 Å². The van der Waals surface area contributed by atoms with Gasteiger partial charge in [-0.15, -0.1) is 0 Å². The van der Waals surface area contributed by atoms with Crippen LogP contribution in [0.5, 0.6) is 0 Å². The topological polar surface area (TPSA) is 101 Å². The largest absolute Gasteiger partial charge is 0.337 e. The van der Waals surface area contributed by atoms with Gasteiger partial charge in [0.05, 0.1) is 16.4 Å². The minimum absolute atomic E-state index is 0.00946. The molecule has 0 aromatic heterocycles. The Kier molecular flexibility index (Phi) is 5.45. The van der Waals surface area contributed by atoms with Crippen molar-refractivity contribution in [3.8, 4) is 0 Å². The van der Waals surface area contributed by atoms with E-state index in [1.807, 2.05) is 0 Å². The van der Waals surface area contributed by atoms with E-state index >= 15 is 0 Å². The third kappa shape index (κ3) is 4.79. The zero-order chi connectivity index (χ0) is 19.7. The molecule has 0 spiro atoms. The molecular formula is C17H17ClN2O5S2. The van der Waals surface area contributed by atoms with Crippen LogP contribution in [0.2, 0.25) is 5.02 Å². The van der Waals surface area contributed by atoms with Crippen molar-refractivity contribution >= 4 is 43.1 Å². The minimum Gasteiger partial charge on any atom is -0.337 e. The number of nitrogens with zero attached hydrogens (tertiary/aromatic N) is 1. The van der Waals surface area contributed by atoms with Crippen LogP contribution in [0.25, 0.3) is 0 Å². The number of benzene rings is 2. The average Bonchev–Trinajstić information content (AvgIpc) is 2.63. The lowest BCUT2D eigenvalue weighted by atomic mass is 10.2. The summed E-state index contributed by atoms with van der Waals surface area (Å²) in [5.41, 5.74) is 0.675. The second kappa shape index (κ2) is 7.49. The maximum absolute atomic E-state index is 12.4. The van der Waals surface area contributed by atoms with Gasteiger partial charge in [-0.2, -0.15) is 0 Å². The summed E-state index contributed by atoms with van der Waals surface area (Å²) in [6.45, 7) is 0.276. The quantitative estimate of drug-likeness (QED) is 0.802. The predicted octanol–water partition coefficient (Wildman–Crippen LogP) is 2.01. The molecule has 2 aromatic rings. The van der Waals surface area contributed by atoms with Crippen LogP contribution in [0.3, 0.4) is 0 Å². The third-order valence-corrected chi connectivity index (χ3v) is 7.40. The van der Waals surface area contributed by atoms with Gasteiger partial charge in [-0.05, 0) is 48.5 Å². The highest BCUT2D eigenvalue weighted by molar-refractivity contribution is 7.92. The Morgan fingerprint density at radius 3 is 2.07 bits per heavy atom. The molecule has 144 valence electrons. The van der Waals surface area contributed by atoms with E-state index in [2.05, 4.69) is 4.72 Å². The normalized spacial score (nSPS) is 16.7. The number of sulfone groups is 1. The molecule has 1 amide bonds. The van der Waals surface area contributed by atoms with E-state index in [1.165, 1.54) is 29.2 Å². The van der Waals surface area contributed by atoms with Gasteiger partial charge in [-0.3, -0.25) is 9.52 Å². The summed E-state index contributed by atoms with van der Waals surface area (Å²) >= 11 is 5.78. The SMILES string of the molecule is O=C(c1ccc(S(=O)(=O)Nc2ccc(Cl)cc2)cc1)N1CCS(=O)(=O)CC1. The van der Waals surface area contributed by atoms with Gasteiger partial charge in [0, 0.05) is 29.4 Å². The molecular weight excluding hydrogens is 412 g/mol. The van der Waals surface area contributed by atoms with E-state index in [-0.39, 0.29) is 35.4 Å². The summed E-state index contributed by atoms with van der Waals surface area (Å²) in [5, 5.41) is 0.492. The number of rotatable bonds is 4. The van der Waals surface area contributed by atoms with Crippen LogP contribution in [0, 0.1) is 0 Å². The van der Waals surface area contributed by atoms with Crippen LogP contribution in [-0.4, -0.2) is 52.2 Å². The molecule has 27 heavy (non-hydrogen) atoms. The first-order chi connectivity index (χ1) is 12.7. The number of carbonyl (C=O) groups is 1. The fourth-order valence-corrected chi connectivity index (χ4v) is 4.99. The summed E-state index contributed by atoms with van der Waals surface area (Å²) in [4.78, 5) is 13.9. The third-order valence-electron chi connectivity index (χ3n) is 4.14. The standard InChI is InChI=1S/C17H17ClN2O5S2/c18-14-3-5-15(6-4-14)19-27(24,25)16-7-1-13(2-8-16)17(21)20-9-11-26(22,23)12-10-20/h1-8,19H,9-12H2. The second-order valence-corrected chi connectivity index (χ2v) is 10.5. The van der Waals surface area contributed by atoms with Crippen molar-refractivity contribution in [2.24, 2.45) is 0 Å². The molecule has 0 unspecified atom stereocenters. The molecule has 1 heterocycles. The molecule has 1 aliphatic heterocycles.